The van der Waals surface area contributed by atoms with Crippen molar-refractivity contribution in [2.45, 2.75) is 13.2 Å². The molecule has 2 aromatic rings. The lowest BCUT2D eigenvalue weighted by atomic mass is 10.1. The maximum atomic E-state index is 5.87. The SMILES string of the molecule is Brc1ccccc1COCc1ccccc1C1=NCCN1. The van der Waals surface area contributed by atoms with Crippen LogP contribution in [0.3, 0.4) is 0 Å². The van der Waals surface area contributed by atoms with Crippen LogP contribution in [-0.4, -0.2) is 18.9 Å². The van der Waals surface area contributed by atoms with Gasteiger partial charge >= 0.3 is 0 Å². The summed E-state index contributed by atoms with van der Waals surface area (Å²) < 4.78 is 6.96. The first-order valence-corrected chi connectivity index (χ1v) is 7.81. The van der Waals surface area contributed by atoms with Crippen LogP contribution in [0.2, 0.25) is 0 Å². The van der Waals surface area contributed by atoms with Gasteiger partial charge in [0.05, 0.1) is 19.8 Å². The summed E-state index contributed by atoms with van der Waals surface area (Å²) in [6.45, 7) is 2.94. The Bertz CT molecular complexity index is 655. The van der Waals surface area contributed by atoms with E-state index in [1.807, 2.05) is 30.3 Å². The summed E-state index contributed by atoms with van der Waals surface area (Å²) in [5.74, 6) is 0.982. The third-order valence-electron chi connectivity index (χ3n) is 3.42. The molecule has 108 valence electrons. The Labute approximate surface area is 133 Å². The number of hydrogen-bond acceptors (Lipinski definition) is 3. The Hall–Kier alpha value is -1.65. The third kappa shape index (κ3) is 3.52. The number of rotatable bonds is 5. The fourth-order valence-corrected chi connectivity index (χ4v) is 2.74. The predicted molar refractivity (Wildman–Crippen MR) is 88.5 cm³/mol. The lowest BCUT2D eigenvalue weighted by Gasteiger charge is -2.11. The van der Waals surface area contributed by atoms with Crippen LogP contribution >= 0.6 is 15.9 Å². The molecule has 0 unspecified atom stereocenters. The molecule has 4 heteroatoms. The molecule has 0 aromatic heterocycles. The van der Waals surface area contributed by atoms with Crippen molar-refractivity contribution in [1.82, 2.24) is 5.32 Å². The second kappa shape index (κ2) is 6.87. The minimum absolute atomic E-state index is 0.582. The maximum Gasteiger partial charge on any atom is 0.128 e. The molecule has 2 aromatic carbocycles. The molecule has 0 atom stereocenters. The fourth-order valence-electron chi connectivity index (χ4n) is 2.34. The van der Waals surface area contributed by atoms with Crippen molar-refractivity contribution in [3.8, 4) is 0 Å². The summed E-state index contributed by atoms with van der Waals surface area (Å²) in [6.07, 6.45) is 0. The topological polar surface area (TPSA) is 33.6 Å². The van der Waals surface area contributed by atoms with Crippen LogP contribution in [-0.2, 0) is 18.0 Å². The highest BCUT2D eigenvalue weighted by molar-refractivity contribution is 9.10. The first kappa shape index (κ1) is 14.3. The van der Waals surface area contributed by atoms with Crippen LogP contribution in [0.15, 0.2) is 58.0 Å². The van der Waals surface area contributed by atoms with E-state index in [0.29, 0.717) is 13.2 Å². The first-order chi connectivity index (χ1) is 10.3. The van der Waals surface area contributed by atoms with Gasteiger partial charge in [0.15, 0.2) is 0 Å². The number of nitrogens with zero attached hydrogens (tertiary/aromatic N) is 1. The number of ether oxygens (including phenoxy) is 1. The molecule has 0 saturated heterocycles. The van der Waals surface area contributed by atoms with Crippen LogP contribution < -0.4 is 5.32 Å². The molecule has 1 heterocycles. The third-order valence-corrected chi connectivity index (χ3v) is 4.19. The van der Waals surface area contributed by atoms with Gasteiger partial charge in [-0.3, -0.25) is 4.99 Å². The average molecular weight is 345 g/mol. The Morgan fingerprint density at radius 3 is 2.48 bits per heavy atom. The predicted octanol–water partition coefficient (Wildman–Crippen LogP) is 3.52. The second-order valence-corrected chi connectivity index (χ2v) is 5.75. The Balaban J connectivity index is 1.67. The number of aliphatic imine (C=N–C) groups is 1. The number of hydrogen-bond donors (Lipinski definition) is 1. The Morgan fingerprint density at radius 2 is 1.71 bits per heavy atom. The highest BCUT2D eigenvalue weighted by atomic mass is 79.9. The van der Waals surface area contributed by atoms with Crippen LogP contribution in [0.25, 0.3) is 0 Å². The van der Waals surface area contributed by atoms with Gasteiger partial charge in [0.1, 0.15) is 5.84 Å². The molecule has 0 radical (unpaired) electrons. The van der Waals surface area contributed by atoms with Gasteiger partial charge in [0.25, 0.3) is 0 Å². The summed E-state index contributed by atoms with van der Waals surface area (Å²) in [5.41, 5.74) is 3.46. The molecule has 0 spiro atoms. The van der Waals surface area contributed by atoms with Crippen LogP contribution in [0.5, 0.6) is 0 Å². The lowest BCUT2D eigenvalue weighted by Crippen LogP contribution is -2.21. The minimum Gasteiger partial charge on any atom is -0.372 e. The zero-order valence-corrected chi connectivity index (χ0v) is 13.3. The highest BCUT2D eigenvalue weighted by Crippen LogP contribution is 2.18. The van der Waals surface area contributed by atoms with Gasteiger partial charge in [0.2, 0.25) is 0 Å². The summed E-state index contributed by atoms with van der Waals surface area (Å²) in [5, 5.41) is 3.32. The van der Waals surface area contributed by atoms with Crippen LogP contribution in [0.4, 0.5) is 0 Å². The minimum atomic E-state index is 0.582. The monoisotopic (exact) mass is 344 g/mol. The molecular weight excluding hydrogens is 328 g/mol. The number of nitrogens with one attached hydrogen (secondary N) is 1. The van der Waals surface area contributed by atoms with Crippen molar-refractivity contribution < 1.29 is 4.74 Å². The number of halogens is 1. The number of amidine groups is 1. The smallest absolute Gasteiger partial charge is 0.128 e. The molecule has 0 bridgehead atoms. The van der Waals surface area contributed by atoms with E-state index < -0.39 is 0 Å². The zero-order valence-electron chi connectivity index (χ0n) is 11.7. The molecule has 0 aliphatic carbocycles. The van der Waals surface area contributed by atoms with Gasteiger partial charge in [-0.2, -0.15) is 0 Å². The van der Waals surface area contributed by atoms with E-state index in [9.17, 15) is 0 Å². The maximum absolute atomic E-state index is 5.87. The zero-order chi connectivity index (χ0) is 14.5. The molecule has 1 aliphatic heterocycles. The van der Waals surface area contributed by atoms with Gasteiger partial charge in [-0.05, 0) is 17.2 Å². The van der Waals surface area contributed by atoms with E-state index in [1.165, 1.54) is 0 Å². The quantitative estimate of drug-likeness (QED) is 0.900. The number of benzene rings is 2. The summed E-state index contributed by atoms with van der Waals surface area (Å²) in [7, 11) is 0. The van der Waals surface area contributed by atoms with E-state index >= 15 is 0 Å². The molecule has 0 fully saturated rings. The van der Waals surface area contributed by atoms with Crippen LogP contribution in [0.1, 0.15) is 16.7 Å². The van der Waals surface area contributed by atoms with Crippen molar-refractivity contribution in [2.24, 2.45) is 4.99 Å². The summed E-state index contributed by atoms with van der Waals surface area (Å²) in [6, 6.07) is 16.4. The van der Waals surface area contributed by atoms with E-state index in [2.05, 4.69) is 44.4 Å². The molecule has 21 heavy (non-hydrogen) atoms. The fraction of sp³-hybridized carbons (Fsp3) is 0.235. The first-order valence-electron chi connectivity index (χ1n) is 7.02. The van der Waals surface area contributed by atoms with Gasteiger partial charge in [0, 0.05) is 16.6 Å². The standard InChI is InChI=1S/C17H17BrN2O/c18-16-8-4-2-6-14(16)12-21-11-13-5-1-3-7-15(13)17-19-9-10-20-17/h1-8H,9-12H2,(H,19,20). The Kier molecular flexibility index (Phi) is 4.68. The van der Waals surface area contributed by atoms with E-state index in [1.54, 1.807) is 0 Å². The average Bonchev–Trinajstić information content (AvgIpc) is 3.04. The van der Waals surface area contributed by atoms with Crippen molar-refractivity contribution in [2.75, 3.05) is 13.1 Å². The highest BCUT2D eigenvalue weighted by Gasteiger charge is 2.12. The molecule has 1 N–H and O–H groups in total. The van der Waals surface area contributed by atoms with Crippen molar-refractivity contribution in [3.05, 3.63) is 69.7 Å². The van der Waals surface area contributed by atoms with E-state index in [0.717, 1.165) is 40.1 Å². The molecular formula is C17H17BrN2O. The molecule has 1 aliphatic rings. The van der Waals surface area contributed by atoms with Crippen molar-refractivity contribution in [1.29, 1.82) is 0 Å². The van der Waals surface area contributed by atoms with Gasteiger partial charge in [-0.1, -0.05) is 58.4 Å². The second-order valence-electron chi connectivity index (χ2n) is 4.90. The summed E-state index contributed by atoms with van der Waals surface area (Å²) >= 11 is 3.54. The molecule has 3 nitrogen and oxygen atoms in total. The van der Waals surface area contributed by atoms with Gasteiger partial charge < -0.3 is 10.1 Å². The molecule has 3 rings (SSSR count). The van der Waals surface area contributed by atoms with E-state index in [4.69, 9.17) is 4.74 Å². The molecule has 0 amide bonds. The van der Waals surface area contributed by atoms with E-state index in [-0.39, 0.29) is 0 Å². The lowest BCUT2D eigenvalue weighted by molar-refractivity contribution is 0.106. The summed E-state index contributed by atoms with van der Waals surface area (Å²) in [4.78, 5) is 4.49. The largest absolute Gasteiger partial charge is 0.372 e. The Morgan fingerprint density at radius 1 is 1.00 bits per heavy atom. The van der Waals surface area contributed by atoms with Gasteiger partial charge in [-0.15, -0.1) is 0 Å². The van der Waals surface area contributed by atoms with Gasteiger partial charge in [-0.25, -0.2) is 0 Å². The van der Waals surface area contributed by atoms with Crippen molar-refractivity contribution in [3.63, 3.8) is 0 Å². The molecule has 0 saturated carbocycles. The van der Waals surface area contributed by atoms with Crippen LogP contribution in [0, 0.1) is 0 Å². The van der Waals surface area contributed by atoms with Crippen molar-refractivity contribution >= 4 is 21.8 Å². The normalized spacial score (nSPS) is 13.9.